The topological polar surface area (TPSA) is 49.8 Å². The van der Waals surface area contributed by atoms with E-state index < -0.39 is 0 Å². The number of rotatable bonds is 1. The van der Waals surface area contributed by atoms with Gasteiger partial charge in [-0.2, -0.15) is 5.26 Å². The smallest absolute Gasteiger partial charge is 0.193 e. The summed E-state index contributed by atoms with van der Waals surface area (Å²) in [5.74, 6) is 1.06. The molecule has 0 atom stereocenters. The van der Waals surface area contributed by atoms with Crippen LogP contribution in [0.2, 0.25) is 0 Å². The van der Waals surface area contributed by atoms with Crippen LogP contribution in [-0.2, 0) is 0 Å². The van der Waals surface area contributed by atoms with Crippen LogP contribution in [0.1, 0.15) is 11.6 Å². The molecule has 2 rings (SSSR count). The summed E-state index contributed by atoms with van der Waals surface area (Å²) in [5.41, 5.74) is 1.22. The quantitative estimate of drug-likeness (QED) is 0.684. The first-order valence-electron chi connectivity index (χ1n) is 4.24. The van der Waals surface area contributed by atoms with E-state index in [0.29, 0.717) is 17.3 Å². The van der Waals surface area contributed by atoms with Crippen molar-refractivity contribution in [2.75, 3.05) is 0 Å². The van der Waals surface area contributed by atoms with Crippen molar-refractivity contribution >= 4 is 0 Å². The van der Waals surface area contributed by atoms with Gasteiger partial charge in [-0.3, -0.25) is 0 Å². The summed E-state index contributed by atoms with van der Waals surface area (Å²) in [6.45, 7) is 1.73. The van der Waals surface area contributed by atoms with Gasteiger partial charge in [0.1, 0.15) is 6.07 Å². The Hall–Kier alpha value is -2.08. The zero-order chi connectivity index (χ0) is 9.97. The van der Waals surface area contributed by atoms with Crippen LogP contribution in [0.25, 0.3) is 11.3 Å². The number of aromatic nitrogens is 1. The van der Waals surface area contributed by atoms with Crippen LogP contribution >= 0.6 is 0 Å². The Morgan fingerprint density at radius 3 is 2.64 bits per heavy atom. The molecule has 1 heterocycles. The Kier molecular flexibility index (Phi) is 2.04. The standard InChI is InChI=1S/C11H8N2O/c1-8-13-10(7-12)11(14-8)9-5-3-2-4-6-9/h2-6H,1H3. The molecule has 0 radical (unpaired) electrons. The van der Waals surface area contributed by atoms with Gasteiger partial charge in [0.2, 0.25) is 0 Å². The van der Waals surface area contributed by atoms with Gasteiger partial charge in [0.15, 0.2) is 17.3 Å². The van der Waals surface area contributed by atoms with Crippen molar-refractivity contribution in [1.29, 1.82) is 5.26 Å². The van der Waals surface area contributed by atoms with Crippen LogP contribution in [0.5, 0.6) is 0 Å². The van der Waals surface area contributed by atoms with Gasteiger partial charge in [0, 0.05) is 12.5 Å². The van der Waals surface area contributed by atoms with E-state index in [9.17, 15) is 0 Å². The number of nitriles is 1. The molecule has 0 amide bonds. The van der Waals surface area contributed by atoms with E-state index in [4.69, 9.17) is 9.68 Å². The largest absolute Gasteiger partial charge is 0.440 e. The van der Waals surface area contributed by atoms with Gasteiger partial charge in [-0.1, -0.05) is 30.3 Å². The maximum atomic E-state index is 8.82. The predicted octanol–water partition coefficient (Wildman–Crippen LogP) is 2.52. The van der Waals surface area contributed by atoms with Gasteiger partial charge in [0.05, 0.1) is 0 Å². The summed E-state index contributed by atoms with van der Waals surface area (Å²) in [5, 5.41) is 8.82. The monoisotopic (exact) mass is 184 g/mol. The summed E-state index contributed by atoms with van der Waals surface area (Å²) >= 11 is 0. The molecule has 0 saturated heterocycles. The lowest BCUT2D eigenvalue weighted by Gasteiger charge is -1.94. The molecule has 0 unspecified atom stereocenters. The summed E-state index contributed by atoms with van der Waals surface area (Å²) in [4.78, 5) is 3.98. The number of aryl methyl sites for hydroxylation is 1. The molecular formula is C11H8N2O. The van der Waals surface area contributed by atoms with Crippen molar-refractivity contribution in [3.05, 3.63) is 41.9 Å². The van der Waals surface area contributed by atoms with Crippen LogP contribution in [0, 0.1) is 18.3 Å². The molecule has 0 bridgehead atoms. The zero-order valence-corrected chi connectivity index (χ0v) is 7.69. The maximum absolute atomic E-state index is 8.82. The van der Waals surface area contributed by atoms with Crippen molar-refractivity contribution in [2.45, 2.75) is 6.92 Å². The molecule has 0 aliphatic heterocycles. The molecule has 0 saturated carbocycles. The molecule has 1 aromatic carbocycles. The summed E-state index contributed by atoms with van der Waals surface area (Å²) in [6.07, 6.45) is 0. The van der Waals surface area contributed by atoms with Crippen molar-refractivity contribution in [3.63, 3.8) is 0 Å². The van der Waals surface area contributed by atoms with E-state index in [1.807, 2.05) is 36.4 Å². The minimum absolute atomic E-state index is 0.341. The molecule has 2 aromatic rings. The van der Waals surface area contributed by atoms with Crippen LogP contribution < -0.4 is 0 Å². The Balaban J connectivity index is 2.58. The average molecular weight is 184 g/mol. The first kappa shape index (κ1) is 8.52. The van der Waals surface area contributed by atoms with Crippen LogP contribution in [0.4, 0.5) is 0 Å². The molecule has 3 nitrogen and oxygen atoms in total. The molecule has 0 N–H and O–H groups in total. The highest BCUT2D eigenvalue weighted by Gasteiger charge is 2.11. The summed E-state index contributed by atoms with van der Waals surface area (Å²) < 4.78 is 5.36. The lowest BCUT2D eigenvalue weighted by atomic mass is 10.1. The molecule has 3 heteroatoms. The number of nitrogens with zero attached hydrogens (tertiary/aromatic N) is 2. The van der Waals surface area contributed by atoms with Gasteiger partial charge in [-0.25, -0.2) is 4.98 Å². The molecule has 0 fully saturated rings. The highest BCUT2D eigenvalue weighted by molar-refractivity contribution is 5.62. The van der Waals surface area contributed by atoms with Gasteiger partial charge >= 0.3 is 0 Å². The third-order valence-corrected chi connectivity index (χ3v) is 1.88. The fraction of sp³-hybridized carbons (Fsp3) is 0.0909. The van der Waals surface area contributed by atoms with Crippen molar-refractivity contribution in [2.24, 2.45) is 0 Å². The molecular weight excluding hydrogens is 176 g/mol. The van der Waals surface area contributed by atoms with E-state index in [1.165, 1.54) is 0 Å². The Labute approximate surface area is 81.6 Å². The lowest BCUT2D eigenvalue weighted by Crippen LogP contribution is -1.79. The van der Waals surface area contributed by atoms with Crippen molar-refractivity contribution < 1.29 is 4.42 Å². The van der Waals surface area contributed by atoms with E-state index in [-0.39, 0.29) is 0 Å². The lowest BCUT2D eigenvalue weighted by molar-refractivity contribution is 0.534. The van der Waals surface area contributed by atoms with Gasteiger partial charge in [0.25, 0.3) is 0 Å². The molecule has 0 aliphatic rings. The van der Waals surface area contributed by atoms with Crippen molar-refractivity contribution in [3.8, 4) is 17.4 Å². The van der Waals surface area contributed by atoms with Gasteiger partial charge in [-0.05, 0) is 0 Å². The second-order valence-electron chi connectivity index (χ2n) is 2.89. The fourth-order valence-electron chi connectivity index (χ4n) is 1.29. The molecule has 14 heavy (non-hydrogen) atoms. The van der Waals surface area contributed by atoms with Gasteiger partial charge in [-0.15, -0.1) is 0 Å². The Morgan fingerprint density at radius 2 is 2.00 bits per heavy atom. The van der Waals surface area contributed by atoms with E-state index >= 15 is 0 Å². The first-order chi connectivity index (χ1) is 6.81. The third-order valence-electron chi connectivity index (χ3n) is 1.88. The summed E-state index contributed by atoms with van der Waals surface area (Å²) in [6, 6.07) is 11.5. The van der Waals surface area contributed by atoms with Crippen LogP contribution in [0.3, 0.4) is 0 Å². The van der Waals surface area contributed by atoms with Crippen molar-refractivity contribution in [1.82, 2.24) is 4.98 Å². The Morgan fingerprint density at radius 1 is 1.29 bits per heavy atom. The summed E-state index contributed by atoms with van der Waals surface area (Å²) in [7, 11) is 0. The van der Waals surface area contributed by atoms with E-state index in [1.54, 1.807) is 6.92 Å². The normalized spacial score (nSPS) is 9.71. The van der Waals surface area contributed by atoms with Gasteiger partial charge < -0.3 is 4.42 Å². The minimum atomic E-state index is 0.341. The number of hydrogen-bond donors (Lipinski definition) is 0. The highest BCUT2D eigenvalue weighted by Crippen LogP contribution is 2.23. The second-order valence-corrected chi connectivity index (χ2v) is 2.89. The number of oxazole rings is 1. The number of hydrogen-bond acceptors (Lipinski definition) is 3. The molecule has 0 aliphatic carbocycles. The maximum Gasteiger partial charge on any atom is 0.193 e. The number of benzene rings is 1. The average Bonchev–Trinajstić information content (AvgIpc) is 2.61. The predicted molar refractivity (Wildman–Crippen MR) is 51.4 cm³/mol. The van der Waals surface area contributed by atoms with Crippen LogP contribution in [-0.4, -0.2) is 4.98 Å². The highest BCUT2D eigenvalue weighted by atomic mass is 16.4. The van der Waals surface area contributed by atoms with E-state index in [2.05, 4.69) is 4.98 Å². The second kappa shape index (κ2) is 3.35. The fourth-order valence-corrected chi connectivity index (χ4v) is 1.29. The Bertz CT molecular complexity index is 480. The SMILES string of the molecule is Cc1nc(C#N)c(-c2ccccc2)o1. The third kappa shape index (κ3) is 1.38. The molecule has 68 valence electrons. The first-order valence-corrected chi connectivity index (χ1v) is 4.24. The van der Waals surface area contributed by atoms with Crippen LogP contribution in [0.15, 0.2) is 34.7 Å². The minimum Gasteiger partial charge on any atom is -0.440 e. The molecule has 0 spiro atoms. The zero-order valence-electron chi connectivity index (χ0n) is 7.69. The molecule has 1 aromatic heterocycles. The van der Waals surface area contributed by atoms with E-state index in [0.717, 1.165) is 5.56 Å².